The molecule has 8 heteroatoms. The first-order chi connectivity index (χ1) is 7.06. The normalized spacial score (nSPS) is 14.3. The minimum absolute atomic E-state index is 0.128. The Kier molecular flexibility index (Phi) is 4.66. The van der Waals surface area contributed by atoms with Gasteiger partial charge in [0.15, 0.2) is 12.6 Å². The Morgan fingerprint density at radius 3 is 2.80 bits per heavy atom. The van der Waals surface area contributed by atoms with E-state index in [4.69, 9.17) is 14.8 Å². The van der Waals surface area contributed by atoms with Gasteiger partial charge in [0.05, 0.1) is 0 Å². The van der Waals surface area contributed by atoms with Crippen molar-refractivity contribution in [3.8, 4) is 0 Å². The van der Waals surface area contributed by atoms with Gasteiger partial charge < -0.3 is 10.3 Å². The van der Waals surface area contributed by atoms with E-state index in [9.17, 15) is 4.57 Å². The molecule has 0 aliphatic carbocycles. The van der Waals surface area contributed by atoms with Crippen LogP contribution in [0.1, 0.15) is 36.5 Å². The minimum Gasteiger partial charge on any atom is -0.333 e. The van der Waals surface area contributed by atoms with E-state index < -0.39 is 13.0 Å². The maximum atomic E-state index is 11.4. The third-order valence-corrected chi connectivity index (χ3v) is 3.41. The zero-order chi connectivity index (χ0) is 11.4. The van der Waals surface area contributed by atoms with E-state index in [0.29, 0.717) is 5.82 Å². The minimum atomic E-state index is -2.03. The summed E-state index contributed by atoms with van der Waals surface area (Å²) < 4.78 is 21.0. The number of nitrogens with two attached hydrogens (primary N) is 1. The fraction of sp³-hybridized carbons (Fsp3) is 0.714. The number of hydrogen-bond acceptors (Lipinski definition) is 7. The summed E-state index contributed by atoms with van der Waals surface area (Å²) in [4.78, 5) is 3.32. The van der Waals surface area contributed by atoms with Gasteiger partial charge in [-0.15, -0.1) is 17.2 Å². The Hall–Kier alpha value is -0.490. The Morgan fingerprint density at radius 1 is 1.67 bits per heavy atom. The highest BCUT2D eigenvalue weighted by atomic mass is 32.1. The summed E-state index contributed by atoms with van der Waals surface area (Å²) in [6, 6.07) is 0. The molecule has 2 atom stereocenters. The molecule has 0 saturated carbocycles. The lowest BCUT2D eigenvalue weighted by molar-refractivity contribution is 0.330. The molecule has 15 heavy (non-hydrogen) atoms. The second-order valence-electron chi connectivity index (χ2n) is 3.10. The molecule has 1 rings (SSSR count). The fourth-order valence-corrected chi connectivity index (χ4v) is 1.70. The van der Waals surface area contributed by atoms with Crippen molar-refractivity contribution >= 4 is 20.7 Å². The lowest BCUT2D eigenvalue weighted by atomic mass is 10.2. The van der Waals surface area contributed by atoms with Crippen molar-refractivity contribution in [2.45, 2.75) is 24.8 Å². The van der Waals surface area contributed by atoms with Crippen molar-refractivity contribution in [1.29, 1.82) is 0 Å². The molecular weight excluding hydrogens is 237 g/mol. The van der Waals surface area contributed by atoms with Gasteiger partial charge in [0.1, 0.15) is 0 Å². The molecule has 0 radical (unpaired) electrons. The first-order valence-corrected chi connectivity index (χ1v) is 6.13. The van der Waals surface area contributed by atoms with Crippen LogP contribution in [0.3, 0.4) is 0 Å². The van der Waals surface area contributed by atoms with Crippen molar-refractivity contribution in [1.82, 2.24) is 10.1 Å². The standard InChI is InChI=1S/C7H12N3O3PS/c1-4(2)5-9-6(13-10-5)7(15)14(11)12-3-8/h4,7H,3,8H2,1-2H3/p+1. The molecule has 0 amide bonds. The molecule has 0 saturated heterocycles. The summed E-state index contributed by atoms with van der Waals surface area (Å²) in [5.74, 6) is 0.896. The second-order valence-corrected chi connectivity index (χ2v) is 5.37. The van der Waals surface area contributed by atoms with Crippen molar-refractivity contribution < 1.29 is 13.6 Å². The topological polar surface area (TPSA) is 91.2 Å². The van der Waals surface area contributed by atoms with E-state index in [1.807, 2.05) is 13.8 Å². The summed E-state index contributed by atoms with van der Waals surface area (Å²) in [6.45, 7) is 3.73. The van der Waals surface area contributed by atoms with Crippen LogP contribution in [-0.2, 0) is 9.09 Å². The van der Waals surface area contributed by atoms with Crippen LogP contribution in [-0.4, -0.2) is 16.9 Å². The van der Waals surface area contributed by atoms with Gasteiger partial charge in [-0.05, 0) is 4.57 Å². The first kappa shape index (κ1) is 12.6. The predicted molar refractivity (Wildman–Crippen MR) is 57.9 cm³/mol. The molecule has 2 N–H and O–H groups in total. The Balaban J connectivity index is 2.73. The zero-order valence-corrected chi connectivity index (χ0v) is 10.2. The van der Waals surface area contributed by atoms with Crippen molar-refractivity contribution in [2.24, 2.45) is 5.73 Å². The molecule has 6 nitrogen and oxygen atoms in total. The highest BCUT2D eigenvalue weighted by molar-refractivity contribution is 7.87. The smallest absolute Gasteiger partial charge is 0.333 e. The van der Waals surface area contributed by atoms with Crippen molar-refractivity contribution in [3.63, 3.8) is 0 Å². The van der Waals surface area contributed by atoms with Gasteiger partial charge in [0, 0.05) is 5.92 Å². The molecule has 0 fully saturated rings. The zero-order valence-electron chi connectivity index (χ0n) is 8.45. The van der Waals surface area contributed by atoms with Crippen molar-refractivity contribution in [3.05, 3.63) is 11.7 Å². The quantitative estimate of drug-likeness (QED) is 0.470. The summed E-state index contributed by atoms with van der Waals surface area (Å²) in [5, 5.41) is 3.73. The maximum Gasteiger partial charge on any atom is 0.533 e. The van der Waals surface area contributed by atoms with Gasteiger partial charge in [-0.25, -0.2) is 0 Å². The number of aromatic nitrogens is 2. The van der Waals surface area contributed by atoms with Crippen LogP contribution in [0.2, 0.25) is 0 Å². The summed E-state index contributed by atoms with van der Waals surface area (Å²) in [7, 11) is -2.03. The molecule has 1 aromatic rings. The average Bonchev–Trinajstić information content (AvgIpc) is 2.65. The van der Waals surface area contributed by atoms with Gasteiger partial charge in [-0.3, -0.25) is 0 Å². The van der Waals surface area contributed by atoms with Gasteiger partial charge in [-0.2, -0.15) is 4.98 Å². The van der Waals surface area contributed by atoms with E-state index in [0.717, 1.165) is 0 Å². The Morgan fingerprint density at radius 2 is 2.33 bits per heavy atom. The highest BCUT2D eigenvalue weighted by Gasteiger charge is 2.36. The third-order valence-electron chi connectivity index (χ3n) is 1.60. The molecule has 2 unspecified atom stereocenters. The number of rotatable bonds is 5. The molecule has 0 aliphatic rings. The predicted octanol–water partition coefficient (Wildman–Crippen LogP) is 1.80. The van der Waals surface area contributed by atoms with Gasteiger partial charge in [-0.1, -0.05) is 19.0 Å². The second kappa shape index (κ2) is 5.55. The van der Waals surface area contributed by atoms with Crippen LogP contribution in [0, 0.1) is 0 Å². The van der Waals surface area contributed by atoms with E-state index >= 15 is 0 Å². The van der Waals surface area contributed by atoms with E-state index in [1.54, 1.807) is 0 Å². The van der Waals surface area contributed by atoms with E-state index in [1.165, 1.54) is 0 Å². The summed E-state index contributed by atoms with van der Waals surface area (Å²) in [5.41, 5.74) is 5.09. The van der Waals surface area contributed by atoms with Gasteiger partial charge in [0.2, 0.25) is 0 Å². The van der Waals surface area contributed by atoms with Crippen LogP contribution in [0.4, 0.5) is 0 Å². The highest BCUT2D eigenvalue weighted by Crippen LogP contribution is 2.43. The van der Waals surface area contributed by atoms with E-state index in [-0.39, 0.29) is 18.5 Å². The average molecular weight is 250 g/mol. The molecule has 0 spiro atoms. The SMILES string of the molecule is CC(C)c1noc(C(S)[P+](=O)OCN)n1. The van der Waals surface area contributed by atoms with Gasteiger partial charge in [0.25, 0.3) is 5.89 Å². The number of nitrogens with zero attached hydrogens (tertiary/aromatic N) is 2. The molecule has 0 bridgehead atoms. The molecule has 0 aromatic carbocycles. The van der Waals surface area contributed by atoms with E-state index in [2.05, 4.69) is 22.8 Å². The maximum absolute atomic E-state index is 11.4. The lowest BCUT2D eigenvalue weighted by Gasteiger charge is -1.93. The van der Waals surface area contributed by atoms with Crippen LogP contribution in [0.15, 0.2) is 4.52 Å². The first-order valence-electron chi connectivity index (χ1n) is 4.37. The summed E-state index contributed by atoms with van der Waals surface area (Å²) in [6.07, 6.45) is 0. The van der Waals surface area contributed by atoms with Crippen LogP contribution in [0.5, 0.6) is 0 Å². The summed E-state index contributed by atoms with van der Waals surface area (Å²) >= 11 is 4.07. The Bertz CT molecular complexity index is 344. The number of hydrogen-bond donors (Lipinski definition) is 2. The van der Waals surface area contributed by atoms with Crippen LogP contribution < -0.4 is 5.73 Å². The van der Waals surface area contributed by atoms with Crippen LogP contribution in [0.25, 0.3) is 0 Å². The van der Waals surface area contributed by atoms with Crippen molar-refractivity contribution in [2.75, 3.05) is 6.73 Å². The molecule has 1 heterocycles. The molecular formula is C7H13N3O3PS+. The lowest BCUT2D eigenvalue weighted by Crippen LogP contribution is -2.00. The Labute approximate surface area is 93.8 Å². The van der Waals surface area contributed by atoms with Crippen LogP contribution >= 0.6 is 20.7 Å². The fourth-order valence-electron chi connectivity index (χ4n) is 0.821. The van der Waals surface area contributed by atoms with Gasteiger partial charge >= 0.3 is 13.0 Å². The third kappa shape index (κ3) is 3.24. The monoisotopic (exact) mass is 250 g/mol. The molecule has 0 aliphatic heterocycles. The molecule has 84 valence electrons. The molecule has 1 aromatic heterocycles. The largest absolute Gasteiger partial charge is 0.533 e. The number of thiol groups is 1.